The van der Waals surface area contributed by atoms with Gasteiger partial charge in [0.15, 0.2) is 0 Å². The third-order valence-corrected chi connectivity index (χ3v) is 5.73. The lowest BCUT2D eigenvalue weighted by molar-refractivity contribution is 0.620. The van der Waals surface area contributed by atoms with Crippen LogP contribution in [0.1, 0.15) is 41.2 Å². The van der Waals surface area contributed by atoms with Crippen molar-refractivity contribution < 1.29 is 4.39 Å². The molecule has 0 saturated carbocycles. The molecule has 2 heteroatoms. The van der Waals surface area contributed by atoms with Crippen LogP contribution < -0.4 is 0 Å². The molecule has 0 bridgehead atoms. The molecule has 0 aliphatic rings. The fraction of sp³-hybridized carbons (Fsp3) is 0.172. The van der Waals surface area contributed by atoms with Gasteiger partial charge >= 0.3 is 0 Å². The molecule has 0 atom stereocenters. The Labute approximate surface area is 188 Å². The van der Waals surface area contributed by atoms with Crippen molar-refractivity contribution in [2.24, 2.45) is 0 Å². The highest BCUT2D eigenvalue weighted by molar-refractivity contribution is 6.30. The van der Waals surface area contributed by atoms with Crippen molar-refractivity contribution in [2.75, 3.05) is 0 Å². The second-order valence-electron chi connectivity index (χ2n) is 7.80. The van der Waals surface area contributed by atoms with Gasteiger partial charge in [0.1, 0.15) is 5.82 Å². The summed E-state index contributed by atoms with van der Waals surface area (Å²) in [7, 11) is 0. The van der Waals surface area contributed by atoms with Gasteiger partial charge in [-0.15, -0.1) is 0 Å². The summed E-state index contributed by atoms with van der Waals surface area (Å²) in [5.41, 5.74) is 5.09. The summed E-state index contributed by atoms with van der Waals surface area (Å²) in [6.07, 6.45) is 3.66. The van der Waals surface area contributed by atoms with Crippen LogP contribution in [-0.2, 0) is 19.3 Å². The molecule has 4 aromatic carbocycles. The van der Waals surface area contributed by atoms with E-state index in [1.165, 1.54) is 5.56 Å². The zero-order valence-electron chi connectivity index (χ0n) is 17.6. The topological polar surface area (TPSA) is 0 Å². The van der Waals surface area contributed by atoms with Gasteiger partial charge in [0.05, 0.1) is 0 Å². The molecule has 4 aromatic rings. The molecule has 0 saturated heterocycles. The number of benzene rings is 4. The van der Waals surface area contributed by atoms with E-state index >= 15 is 4.39 Å². The number of hydrogen-bond donors (Lipinski definition) is 0. The Morgan fingerprint density at radius 1 is 0.710 bits per heavy atom. The molecule has 0 radical (unpaired) electrons. The highest BCUT2D eigenvalue weighted by Gasteiger charge is 2.08. The Morgan fingerprint density at radius 3 is 2.10 bits per heavy atom. The van der Waals surface area contributed by atoms with E-state index in [1.807, 2.05) is 54.6 Å². The normalized spacial score (nSPS) is 10.7. The number of aryl methyl sites for hydroxylation is 3. The summed E-state index contributed by atoms with van der Waals surface area (Å²) in [5.74, 6) is 6.28. The third-order valence-electron chi connectivity index (χ3n) is 5.47. The molecule has 0 unspecified atom stereocenters. The van der Waals surface area contributed by atoms with Crippen LogP contribution in [0.3, 0.4) is 0 Å². The molecule has 31 heavy (non-hydrogen) atoms. The highest BCUT2D eigenvalue weighted by Crippen LogP contribution is 2.24. The molecule has 0 nitrogen and oxygen atoms in total. The summed E-state index contributed by atoms with van der Waals surface area (Å²) < 4.78 is 15.1. The molecule has 0 aliphatic heterocycles. The van der Waals surface area contributed by atoms with Crippen LogP contribution in [0, 0.1) is 17.7 Å². The van der Waals surface area contributed by atoms with Crippen molar-refractivity contribution in [3.05, 3.63) is 118 Å². The van der Waals surface area contributed by atoms with Crippen LogP contribution in [0.15, 0.2) is 78.9 Å². The molecule has 0 spiro atoms. The van der Waals surface area contributed by atoms with E-state index in [1.54, 1.807) is 0 Å². The van der Waals surface area contributed by atoms with Gasteiger partial charge in [0, 0.05) is 21.5 Å². The summed E-state index contributed by atoms with van der Waals surface area (Å²) in [6, 6.07) is 25.7. The Morgan fingerprint density at radius 2 is 1.35 bits per heavy atom. The highest BCUT2D eigenvalue weighted by atomic mass is 35.5. The maximum Gasteiger partial charge on any atom is 0.134 e. The summed E-state index contributed by atoms with van der Waals surface area (Å²) in [6.45, 7) is 2.18. The summed E-state index contributed by atoms with van der Waals surface area (Å²) >= 11 is 5.94. The second-order valence-corrected chi connectivity index (χ2v) is 8.23. The number of hydrogen-bond acceptors (Lipinski definition) is 0. The van der Waals surface area contributed by atoms with Crippen molar-refractivity contribution >= 4 is 22.4 Å². The van der Waals surface area contributed by atoms with E-state index in [0.29, 0.717) is 16.8 Å². The molecule has 0 fully saturated rings. The van der Waals surface area contributed by atoms with E-state index in [4.69, 9.17) is 11.6 Å². The largest absolute Gasteiger partial charge is 0.206 e. The van der Waals surface area contributed by atoms with Crippen molar-refractivity contribution in [3.63, 3.8) is 0 Å². The maximum atomic E-state index is 15.1. The SMILES string of the molecule is CCCc1ccc(C#Cc2ccc3c(F)c(CCc4ccc(Cl)cc4)ccc3c2)cc1. The molecule has 0 N–H and O–H groups in total. The van der Waals surface area contributed by atoms with Crippen LogP contribution in [0.5, 0.6) is 0 Å². The first-order valence-electron chi connectivity index (χ1n) is 10.7. The first-order chi connectivity index (χ1) is 15.1. The van der Waals surface area contributed by atoms with Gasteiger partial charge in [-0.05, 0) is 77.7 Å². The molecule has 4 rings (SSSR count). The molecule has 0 aliphatic carbocycles. The van der Waals surface area contributed by atoms with Gasteiger partial charge in [-0.2, -0.15) is 0 Å². The number of halogens is 2. The predicted octanol–water partition coefficient (Wildman–Crippen LogP) is 7.77. The van der Waals surface area contributed by atoms with Gasteiger partial charge in [0.25, 0.3) is 0 Å². The van der Waals surface area contributed by atoms with Crippen LogP contribution >= 0.6 is 11.6 Å². The average Bonchev–Trinajstić information content (AvgIpc) is 2.79. The monoisotopic (exact) mass is 426 g/mol. The lowest BCUT2D eigenvalue weighted by Crippen LogP contribution is -1.96. The van der Waals surface area contributed by atoms with Gasteiger partial charge in [-0.25, -0.2) is 4.39 Å². The first kappa shape index (κ1) is 21.2. The Kier molecular flexibility index (Phi) is 6.70. The minimum Gasteiger partial charge on any atom is -0.206 e. The third kappa shape index (κ3) is 5.35. The second kappa shape index (κ2) is 9.82. The van der Waals surface area contributed by atoms with E-state index in [-0.39, 0.29) is 5.82 Å². The van der Waals surface area contributed by atoms with Crippen LogP contribution in [0.25, 0.3) is 10.8 Å². The van der Waals surface area contributed by atoms with Crippen LogP contribution in [-0.4, -0.2) is 0 Å². The molecular formula is C29H24ClF. The van der Waals surface area contributed by atoms with E-state index in [0.717, 1.165) is 46.9 Å². The Bertz CT molecular complexity index is 1240. The summed E-state index contributed by atoms with van der Waals surface area (Å²) in [4.78, 5) is 0. The lowest BCUT2D eigenvalue weighted by atomic mass is 9.99. The fourth-order valence-corrected chi connectivity index (χ4v) is 3.85. The van der Waals surface area contributed by atoms with Gasteiger partial charge < -0.3 is 0 Å². The fourth-order valence-electron chi connectivity index (χ4n) is 3.73. The molecule has 0 amide bonds. The molecule has 0 heterocycles. The van der Waals surface area contributed by atoms with E-state index < -0.39 is 0 Å². The minimum atomic E-state index is -0.141. The van der Waals surface area contributed by atoms with Crippen molar-refractivity contribution in [1.29, 1.82) is 0 Å². The van der Waals surface area contributed by atoms with Crippen LogP contribution in [0.4, 0.5) is 4.39 Å². The number of fused-ring (bicyclic) bond motifs is 1. The Balaban J connectivity index is 1.51. The predicted molar refractivity (Wildman–Crippen MR) is 129 cm³/mol. The smallest absolute Gasteiger partial charge is 0.134 e. The summed E-state index contributed by atoms with van der Waals surface area (Å²) in [5, 5.41) is 2.23. The lowest BCUT2D eigenvalue weighted by Gasteiger charge is -2.08. The quantitative estimate of drug-likeness (QED) is 0.286. The van der Waals surface area contributed by atoms with Crippen molar-refractivity contribution in [3.8, 4) is 11.8 Å². The molecular weight excluding hydrogens is 403 g/mol. The van der Waals surface area contributed by atoms with E-state index in [2.05, 4.69) is 43.0 Å². The first-order valence-corrected chi connectivity index (χ1v) is 11.1. The van der Waals surface area contributed by atoms with Gasteiger partial charge in [-0.1, -0.05) is 79.3 Å². The average molecular weight is 427 g/mol. The minimum absolute atomic E-state index is 0.141. The van der Waals surface area contributed by atoms with Crippen molar-refractivity contribution in [2.45, 2.75) is 32.6 Å². The molecule has 0 aromatic heterocycles. The van der Waals surface area contributed by atoms with Gasteiger partial charge in [-0.3, -0.25) is 0 Å². The van der Waals surface area contributed by atoms with Gasteiger partial charge in [0.2, 0.25) is 0 Å². The number of rotatable bonds is 5. The zero-order chi connectivity index (χ0) is 21.6. The maximum absolute atomic E-state index is 15.1. The molecule has 154 valence electrons. The standard InChI is InChI=1S/C29H24ClF/c1-2-3-21-4-6-22(7-5-21)8-9-24-13-19-28-26(20-24)16-15-25(29(28)31)14-10-23-11-17-27(30)18-12-23/h4-7,11-13,15-20H,2-3,10,14H2,1H3. The Hall–Kier alpha value is -3.08. The van der Waals surface area contributed by atoms with Crippen molar-refractivity contribution in [1.82, 2.24) is 0 Å². The zero-order valence-corrected chi connectivity index (χ0v) is 18.3. The van der Waals surface area contributed by atoms with Crippen LogP contribution in [0.2, 0.25) is 5.02 Å². The van der Waals surface area contributed by atoms with E-state index in [9.17, 15) is 0 Å².